The van der Waals surface area contributed by atoms with E-state index in [2.05, 4.69) is 0 Å². The van der Waals surface area contributed by atoms with Gasteiger partial charge in [0.25, 0.3) is 0 Å². The summed E-state index contributed by atoms with van der Waals surface area (Å²) < 4.78 is 21.7. The first-order chi connectivity index (χ1) is 15.0. The molecule has 6 heteroatoms. The second-order valence-electron chi connectivity index (χ2n) is 6.58. The number of carbonyl (C=O) groups excluding carboxylic acids is 1. The molecule has 0 fully saturated rings. The van der Waals surface area contributed by atoms with E-state index in [1.807, 2.05) is 12.1 Å². The fourth-order valence-corrected chi connectivity index (χ4v) is 3.20. The van der Waals surface area contributed by atoms with Crippen LogP contribution in [0.2, 0.25) is 0 Å². The molecule has 3 aromatic carbocycles. The van der Waals surface area contributed by atoms with E-state index in [1.165, 1.54) is 27.4 Å². The molecule has 0 spiro atoms. The maximum Gasteiger partial charge on any atom is 0.197 e. The van der Waals surface area contributed by atoms with Gasteiger partial charge in [0, 0.05) is 17.7 Å². The third kappa shape index (κ3) is 4.64. The maximum atomic E-state index is 13.6. The monoisotopic (exact) mass is 420 g/mol. The lowest BCUT2D eigenvalue weighted by atomic mass is 9.92. The predicted molar refractivity (Wildman–Crippen MR) is 119 cm³/mol. The van der Waals surface area contributed by atoms with Crippen molar-refractivity contribution in [3.8, 4) is 28.7 Å². The second kappa shape index (κ2) is 9.71. The maximum absolute atomic E-state index is 13.6. The number of benzene rings is 3. The standard InChI is InChI=1S/C25H24O6/c1-28-17-11-9-16(10-12-17)13-20(25(27)19-7-5-6-8-21(19)26)24-22(30-3)14-18(29-2)15-23(24)31-4/h5-15,26H,1-4H3. The molecule has 0 aliphatic heterocycles. The number of aromatic hydroxyl groups is 1. The van der Waals surface area contributed by atoms with Crippen LogP contribution >= 0.6 is 0 Å². The SMILES string of the molecule is COc1ccc(C=C(C(=O)c2ccccc2O)c2c(OC)cc(OC)cc2OC)cc1. The summed E-state index contributed by atoms with van der Waals surface area (Å²) >= 11 is 0. The molecule has 0 bridgehead atoms. The van der Waals surface area contributed by atoms with Gasteiger partial charge in [0.1, 0.15) is 28.7 Å². The van der Waals surface area contributed by atoms with E-state index >= 15 is 0 Å². The molecular formula is C25H24O6. The number of phenolic OH excluding ortho intramolecular Hbond substituents is 1. The third-order valence-corrected chi connectivity index (χ3v) is 4.80. The van der Waals surface area contributed by atoms with E-state index < -0.39 is 0 Å². The first-order valence-corrected chi connectivity index (χ1v) is 9.51. The van der Waals surface area contributed by atoms with Crippen LogP contribution in [-0.2, 0) is 0 Å². The fraction of sp³-hybridized carbons (Fsp3) is 0.160. The molecule has 0 radical (unpaired) electrons. The minimum Gasteiger partial charge on any atom is -0.507 e. The van der Waals surface area contributed by atoms with Crippen molar-refractivity contribution in [1.82, 2.24) is 0 Å². The Balaban J connectivity index is 2.27. The summed E-state index contributed by atoms with van der Waals surface area (Å²) in [7, 11) is 6.14. The third-order valence-electron chi connectivity index (χ3n) is 4.80. The summed E-state index contributed by atoms with van der Waals surface area (Å²) in [6.07, 6.45) is 1.72. The summed E-state index contributed by atoms with van der Waals surface area (Å²) in [6, 6.07) is 17.0. The fourth-order valence-electron chi connectivity index (χ4n) is 3.20. The van der Waals surface area contributed by atoms with Crippen LogP contribution in [0.4, 0.5) is 0 Å². The van der Waals surface area contributed by atoms with Gasteiger partial charge in [0.05, 0.1) is 39.6 Å². The number of hydrogen-bond acceptors (Lipinski definition) is 6. The van der Waals surface area contributed by atoms with Crippen molar-refractivity contribution >= 4 is 17.4 Å². The molecule has 0 heterocycles. The first-order valence-electron chi connectivity index (χ1n) is 9.51. The van der Waals surface area contributed by atoms with Crippen molar-refractivity contribution in [2.45, 2.75) is 0 Å². The molecule has 0 aromatic heterocycles. The van der Waals surface area contributed by atoms with E-state index in [1.54, 1.807) is 55.7 Å². The van der Waals surface area contributed by atoms with E-state index in [0.29, 0.717) is 34.1 Å². The number of Topliss-reactive ketones (excluding diaryl/α,β-unsaturated/α-hetero) is 1. The zero-order valence-electron chi connectivity index (χ0n) is 17.8. The Morgan fingerprint density at radius 2 is 1.35 bits per heavy atom. The van der Waals surface area contributed by atoms with Gasteiger partial charge in [-0.1, -0.05) is 24.3 Å². The van der Waals surface area contributed by atoms with Crippen molar-refractivity contribution in [2.24, 2.45) is 0 Å². The van der Waals surface area contributed by atoms with Crippen molar-refractivity contribution in [2.75, 3.05) is 28.4 Å². The lowest BCUT2D eigenvalue weighted by molar-refractivity contribution is 0.105. The van der Waals surface area contributed by atoms with Gasteiger partial charge in [0.15, 0.2) is 5.78 Å². The number of phenols is 1. The van der Waals surface area contributed by atoms with Crippen LogP contribution < -0.4 is 18.9 Å². The molecule has 0 amide bonds. The largest absolute Gasteiger partial charge is 0.507 e. The Morgan fingerprint density at radius 1 is 0.774 bits per heavy atom. The molecule has 0 aliphatic rings. The van der Waals surface area contributed by atoms with E-state index in [0.717, 1.165) is 5.56 Å². The Labute approximate surface area is 181 Å². The van der Waals surface area contributed by atoms with Crippen LogP contribution in [0.1, 0.15) is 21.5 Å². The van der Waals surface area contributed by atoms with Crippen molar-refractivity contribution < 1.29 is 28.8 Å². The van der Waals surface area contributed by atoms with Crippen molar-refractivity contribution in [1.29, 1.82) is 0 Å². The predicted octanol–water partition coefficient (Wildman–Crippen LogP) is 4.85. The highest BCUT2D eigenvalue weighted by molar-refractivity contribution is 6.34. The van der Waals surface area contributed by atoms with Crippen LogP contribution in [-0.4, -0.2) is 39.3 Å². The van der Waals surface area contributed by atoms with Gasteiger partial charge in [0.2, 0.25) is 0 Å². The van der Waals surface area contributed by atoms with Crippen LogP contribution in [0.15, 0.2) is 60.7 Å². The summed E-state index contributed by atoms with van der Waals surface area (Å²) in [5, 5.41) is 10.3. The molecule has 0 aliphatic carbocycles. The Bertz CT molecular complexity index is 1070. The molecule has 31 heavy (non-hydrogen) atoms. The zero-order valence-corrected chi connectivity index (χ0v) is 17.8. The number of ether oxygens (including phenoxy) is 4. The van der Waals surface area contributed by atoms with Gasteiger partial charge in [-0.15, -0.1) is 0 Å². The number of allylic oxidation sites excluding steroid dienone is 1. The van der Waals surface area contributed by atoms with Crippen LogP contribution in [0.5, 0.6) is 28.7 Å². The molecule has 0 unspecified atom stereocenters. The summed E-state index contributed by atoms with van der Waals surface area (Å²) in [5.41, 5.74) is 1.68. The molecule has 6 nitrogen and oxygen atoms in total. The number of ketones is 1. The van der Waals surface area contributed by atoms with Crippen LogP contribution in [0, 0.1) is 0 Å². The topological polar surface area (TPSA) is 74.2 Å². The summed E-state index contributed by atoms with van der Waals surface area (Å²) in [6.45, 7) is 0. The van der Waals surface area contributed by atoms with Gasteiger partial charge in [-0.2, -0.15) is 0 Å². The highest BCUT2D eigenvalue weighted by Crippen LogP contribution is 2.41. The lowest BCUT2D eigenvalue weighted by Crippen LogP contribution is -2.07. The summed E-state index contributed by atoms with van der Waals surface area (Å²) in [5.74, 6) is 1.54. The minimum absolute atomic E-state index is 0.112. The quantitative estimate of drug-likeness (QED) is 0.319. The minimum atomic E-state index is -0.379. The number of hydrogen-bond donors (Lipinski definition) is 1. The van der Waals surface area contributed by atoms with E-state index in [4.69, 9.17) is 18.9 Å². The highest BCUT2D eigenvalue weighted by atomic mass is 16.5. The van der Waals surface area contributed by atoms with Gasteiger partial charge in [-0.3, -0.25) is 4.79 Å². The normalized spacial score (nSPS) is 11.0. The van der Waals surface area contributed by atoms with Gasteiger partial charge in [-0.05, 0) is 35.9 Å². The molecule has 3 aromatic rings. The summed E-state index contributed by atoms with van der Waals surface area (Å²) in [4.78, 5) is 13.6. The molecule has 0 atom stereocenters. The van der Waals surface area contributed by atoms with Crippen LogP contribution in [0.25, 0.3) is 11.6 Å². The molecule has 0 saturated carbocycles. The smallest absolute Gasteiger partial charge is 0.197 e. The molecule has 160 valence electrons. The van der Waals surface area contributed by atoms with Gasteiger partial charge >= 0.3 is 0 Å². The van der Waals surface area contributed by atoms with Gasteiger partial charge < -0.3 is 24.1 Å². The molecule has 3 rings (SSSR count). The average molecular weight is 420 g/mol. The highest BCUT2D eigenvalue weighted by Gasteiger charge is 2.25. The van der Waals surface area contributed by atoms with E-state index in [9.17, 15) is 9.90 Å². The van der Waals surface area contributed by atoms with Gasteiger partial charge in [-0.25, -0.2) is 0 Å². The molecular weight excluding hydrogens is 396 g/mol. The Hall–Kier alpha value is -3.93. The number of rotatable bonds is 8. The van der Waals surface area contributed by atoms with Crippen molar-refractivity contribution in [3.63, 3.8) is 0 Å². The molecule has 1 N–H and O–H groups in total. The van der Waals surface area contributed by atoms with Crippen LogP contribution in [0.3, 0.4) is 0 Å². The number of methoxy groups -OCH3 is 4. The van der Waals surface area contributed by atoms with Crippen molar-refractivity contribution in [3.05, 3.63) is 77.4 Å². The second-order valence-corrected chi connectivity index (χ2v) is 6.58. The number of carbonyl (C=O) groups is 1. The molecule has 0 saturated heterocycles. The first kappa shape index (κ1) is 21.8. The Kier molecular flexibility index (Phi) is 6.82. The zero-order chi connectivity index (χ0) is 22.4. The number of para-hydroxylation sites is 1. The average Bonchev–Trinajstić information content (AvgIpc) is 2.82. The lowest BCUT2D eigenvalue weighted by Gasteiger charge is -2.17. The van der Waals surface area contributed by atoms with E-state index in [-0.39, 0.29) is 17.1 Å². The Morgan fingerprint density at radius 3 is 1.87 bits per heavy atom.